The Morgan fingerprint density at radius 3 is 2.52 bits per heavy atom. The summed E-state index contributed by atoms with van der Waals surface area (Å²) in [6.07, 6.45) is 3.42. The first-order chi connectivity index (χ1) is 9.70. The fourth-order valence-electron chi connectivity index (χ4n) is 2.42. The van der Waals surface area contributed by atoms with Crippen molar-refractivity contribution in [2.75, 3.05) is 0 Å². The molecule has 0 saturated heterocycles. The van der Waals surface area contributed by atoms with Crippen molar-refractivity contribution in [1.82, 2.24) is 5.32 Å². The zero-order valence-corrected chi connectivity index (χ0v) is 13.6. The van der Waals surface area contributed by atoms with Crippen molar-refractivity contribution in [3.05, 3.63) is 28.3 Å². The Morgan fingerprint density at radius 1 is 1.43 bits per heavy atom. The summed E-state index contributed by atoms with van der Waals surface area (Å²) in [6, 6.07) is 2.87. The highest BCUT2D eigenvalue weighted by atomic mass is 35.5. The van der Waals surface area contributed by atoms with Crippen molar-refractivity contribution in [3.63, 3.8) is 0 Å². The Balaban J connectivity index is 2.27. The lowest BCUT2D eigenvalue weighted by atomic mass is 9.80. The molecule has 21 heavy (non-hydrogen) atoms. The summed E-state index contributed by atoms with van der Waals surface area (Å²) in [5, 5.41) is 8.09. The molecule has 0 aliphatic heterocycles. The van der Waals surface area contributed by atoms with E-state index in [1.807, 2.05) is 6.92 Å². The molecule has 1 unspecified atom stereocenters. The molecule has 0 heterocycles. The van der Waals surface area contributed by atoms with Crippen molar-refractivity contribution < 1.29 is 13.2 Å². The largest absolute Gasteiger partial charge is 0.349 e. The van der Waals surface area contributed by atoms with Crippen LogP contribution in [0.25, 0.3) is 0 Å². The number of amides is 1. The number of nitrogens with two attached hydrogens (primary N) is 1. The van der Waals surface area contributed by atoms with Gasteiger partial charge in [-0.2, -0.15) is 0 Å². The fraction of sp³-hybridized carbons (Fsp3) is 0.500. The van der Waals surface area contributed by atoms with Gasteiger partial charge in [-0.1, -0.05) is 18.0 Å². The Labute approximate surface area is 129 Å². The zero-order chi connectivity index (χ0) is 15.8. The first-order valence-corrected chi connectivity index (χ1v) is 8.76. The van der Waals surface area contributed by atoms with Crippen LogP contribution in [0.3, 0.4) is 0 Å². The molecule has 0 spiro atoms. The third kappa shape index (κ3) is 3.56. The van der Waals surface area contributed by atoms with Crippen LogP contribution in [0.2, 0.25) is 5.02 Å². The summed E-state index contributed by atoms with van der Waals surface area (Å²) in [4.78, 5) is 12.0. The van der Waals surface area contributed by atoms with E-state index in [0.29, 0.717) is 11.5 Å². The molecule has 3 N–H and O–H groups in total. The number of primary sulfonamides is 1. The topological polar surface area (TPSA) is 89.3 Å². The Morgan fingerprint density at radius 2 is 2.05 bits per heavy atom. The van der Waals surface area contributed by atoms with Gasteiger partial charge in [-0.05, 0) is 50.3 Å². The Hall–Kier alpha value is -1.11. The van der Waals surface area contributed by atoms with Gasteiger partial charge in [0.05, 0.1) is 5.02 Å². The molecule has 1 amide bonds. The SMILES string of the molecule is Cc1cc(C(=O)NC(C)C2CCC2)cc(S(N)(=O)=O)c1Cl. The normalized spacial score (nSPS) is 17.1. The Bertz CT molecular complexity index is 669. The summed E-state index contributed by atoms with van der Waals surface area (Å²) < 4.78 is 23.1. The van der Waals surface area contributed by atoms with Crippen LogP contribution in [-0.4, -0.2) is 20.4 Å². The van der Waals surface area contributed by atoms with Crippen LogP contribution in [0, 0.1) is 12.8 Å². The summed E-state index contributed by atoms with van der Waals surface area (Å²) in [6.45, 7) is 3.61. The second-order valence-corrected chi connectivity index (χ2v) is 7.51. The zero-order valence-electron chi connectivity index (χ0n) is 12.0. The van der Waals surface area contributed by atoms with E-state index < -0.39 is 10.0 Å². The number of rotatable bonds is 4. The minimum Gasteiger partial charge on any atom is -0.349 e. The average Bonchev–Trinajstić information content (AvgIpc) is 2.28. The van der Waals surface area contributed by atoms with Gasteiger partial charge in [-0.3, -0.25) is 4.79 Å². The van der Waals surface area contributed by atoms with E-state index in [1.54, 1.807) is 13.0 Å². The number of carbonyl (C=O) groups is 1. The molecule has 1 fully saturated rings. The maximum absolute atomic E-state index is 12.3. The van der Waals surface area contributed by atoms with Gasteiger partial charge >= 0.3 is 0 Å². The molecule has 1 atom stereocenters. The van der Waals surface area contributed by atoms with E-state index in [2.05, 4.69) is 5.32 Å². The standard InChI is InChI=1S/C14H19ClN2O3S/c1-8-6-11(7-12(13(8)15)21(16,19)20)14(18)17-9(2)10-4-3-5-10/h6-7,9-10H,3-5H2,1-2H3,(H,17,18)(H2,16,19,20). The van der Waals surface area contributed by atoms with Crippen LogP contribution in [-0.2, 0) is 10.0 Å². The lowest BCUT2D eigenvalue weighted by Crippen LogP contribution is -2.40. The van der Waals surface area contributed by atoms with Crippen LogP contribution in [0.5, 0.6) is 0 Å². The molecule has 7 heteroatoms. The molecule has 2 rings (SSSR count). The highest BCUT2D eigenvalue weighted by Crippen LogP contribution is 2.30. The van der Waals surface area contributed by atoms with Crippen LogP contribution in [0.4, 0.5) is 0 Å². The highest BCUT2D eigenvalue weighted by molar-refractivity contribution is 7.89. The monoisotopic (exact) mass is 330 g/mol. The van der Waals surface area contributed by atoms with E-state index in [0.717, 1.165) is 12.8 Å². The Kier molecular flexibility index (Phi) is 4.60. The van der Waals surface area contributed by atoms with Gasteiger partial charge in [0.25, 0.3) is 5.91 Å². The first kappa shape index (κ1) is 16.3. The maximum Gasteiger partial charge on any atom is 0.251 e. The van der Waals surface area contributed by atoms with Gasteiger partial charge in [0, 0.05) is 11.6 Å². The van der Waals surface area contributed by atoms with Gasteiger partial charge in [0.15, 0.2) is 0 Å². The van der Waals surface area contributed by atoms with Gasteiger partial charge in [0.1, 0.15) is 4.90 Å². The third-order valence-electron chi connectivity index (χ3n) is 4.01. The molecule has 0 bridgehead atoms. The molecule has 1 aromatic rings. The lowest BCUT2D eigenvalue weighted by Gasteiger charge is -2.31. The summed E-state index contributed by atoms with van der Waals surface area (Å²) in [5.41, 5.74) is 0.761. The van der Waals surface area contributed by atoms with Crippen LogP contribution < -0.4 is 10.5 Å². The van der Waals surface area contributed by atoms with Crippen LogP contribution in [0.1, 0.15) is 42.1 Å². The average molecular weight is 331 g/mol. The summed E-state index contributed by atoms with van der Waals surface area (Å²) in [7, 11) is -3.96. The second-order valence-electron chi connectivity index (χ2n) is 5.60. The van der Waals surface area contributed by atoms with E-state index in [9.17, 15) is 13.2 Å². The molecule has 0 aromatic heterocycles. The number of nitrogens with one attached hydrogen (secondary N) is 1. The maximum atomic E-state index is 12.3. The third-order valence-corrected chi connectivity index (χ3v) is 5.55. The van der Waals surface area contributed by atoms with Gasteiger partial charge in [-0.25, -0.2) is 13.6 Å². The predicted octanol–water partition coefficient (Wildman–Crippen LogP) is 2.21. The van der Waals surface area contributed by atoms with Gasteiger partial charge in [-0.15, -0.1) is 0 Å². The van der Waals surface area contributed by atoms with Crippen molar-refractivity contribution in [2.24, 2.45) is 11.1 Å². The molecule has 1 aromatic carbocycles. The summed E-state index contributed by atoms with van der Waals surface area (Å²) in [5.74, 6) is 0.194. The molecule has 1 aliphatic rings. The molecule has 1 saturated carbocycles. The number of carbonyl (C=O) groups excluding carboxylic acids is 1. The lowest BCUT2D eigenvalue weighted by molar-refractivity contribution is 0.0909. The van der Waals surface area contributed by atoms with E-state index in [4.69, 9.17) is 16.7 Å². The van der Waals surface area contributed by atoms with Crippen molar-refractivity contribution in [2.45, 2.75) is 44.0 Å². The smallest absolute Gasteiger partial charge is 0.251 e. The summed E-state index contributed by atoms with van der Waals surface area (Å²) >= 11 is 5.95. The molecule has 0 radical (unpaired) electrons. The number of sulfonamides is 1. The minimum atomic E-state index is -3.96. The molecular formula is C14H19ClN2O3S. The minimum absolute atomic E-state index is 0.0566. The highest BCUT2D eigenvalue weighted by Gasteiger charge is 2.26. The second kappa shape index (κ2) is 5.94. The number of aryl methyl sites for hydroxylation is 1. The van der Waals surface area contributed by atoms with E-state index >= 15 is 0 Å². The van der Waals surface area contributed by atoms with Crippen molar-refractivity contribution in [1.29, 1.82) is 0 Å². The number of halogens is 1. The fourth-order valence-corrected chi connectivity index (χ4v) is 3.56. The van der Waals surface area contributed by atoms with Crippen molar-refractivity contribution >= 4 is 27.5 Å². The predicted molar refractivity (Wildman–Crippen MR) is 81.8 cm³/mol. The quantitative estimate of drug-likeness (QED) is 0.887. The molecule has 116 valence electrons. The van der Waals surface area contributed by atoms with Crippen LogP contribution in [0.15, 0.2) is 17.0 Å². The van der Waals surface area contributed by atoms with Crippen LogP contribution >= 0.6 is 11.6 Å². The van der Waals surface area contributed by atoms with Gasteiger partial charge in [0.2, 0.25) is 10.0 Å². The molecule has 5 nitrogen and oxygen atoms in total. The van der Waals surface area contributed by atoms with E-state index in [-0.39, 0.29) is 27.4 Å². The number of benzene rings is 1. The first-order valence-electron chi connectivity index (χ1n) is 6.84. The molecular weight excluding hydrogens is 312 g/mol. The molecule has 1 aliphatic carbocycles. The number of hydrogen-bond donors (Lipinski definition) is 2. The van der Waals surface area contributed by atoms with Crippen molar-refractivity contribution in [3.8, 4) is 0 Å². The van der Waals surface area contributed by atoms with Gasteiger partial charge < -0.3 is 5.32 Å². The van der Waals surface area contributed by atoms with E-state index in [1.165, 1.54) is 12.5 Å². The number of hydrogen-bond acceptors (Lipinski definition) is 3.